The lowest BCUT2D eigenvalue weighted by atomic mass is 10.1. The van der Waals surface area contributed by atoms with Crippen LogP contribution in [0.2, 0.25) is 0 Å². The molecule has 0 aromatic carbocycles. The Morgan fingerprint density at radius 3 is 1.81 bits per heavy atom. The molecule has 0 aliphatic heterocycles. The topological polar surface area (TPSA) is 78.9 Å². The van der Waals surface area contributed by atoms with E-state index in [2.05, 4.69) is 0 Å². The molecule has 0 radical (unpaired) electrons. The van der Waals surface area contributed by atoms with Crippen molar-refractivity contribution >= 4 is 17.9 Å². The highest BCUT2D eigenvalue weighted by atomic mass is 16.6. The van der Waals surface area contributed by atoms with Gasteiger partial charge in [0.2, 0.25) is 0 Å². The molecule has 0 fully saturated rings. The third kappa shape index (κ3) is 12.5. The highest BCUT2D eigenvalue weighted by Gasteiger charge is 2.23. The van der Waals surface area contributed by atoms with Gasteiger partial charge in [0.05, 0.1) is 25.9 Å². The van der Waals surface area contributed by atoms with Crippen molar-refractivity contribution in [3.05, 3.63) is 12.2 Å². The van der Waals surface area contributed by atoms with E-state index < -0.39 is 18.2 Å². The highest BCUT2D eigenvalue weighted by molar-refractivity contribution is 5.74. The average Bonchev–Trinajstić information content (AvgIpc) is 2.55. The predicted octanol–water partition coefficient (Wildman–Crippen LogP) is 4.11. The molecule has 26 heavy (non-hydrogen) atoms. The molecule has 0 bridgehead atoms. The Hall–Kier alpha value is -1.85. The van der Waals surface area contributed by atoms with E-state index >= 15 is 0 Å². The second-order valence-corrected chi connectivity index (χ2v) is 6.10. The number of carbonyl (C=O) groups excluding carboxylic acids is 3. The van der Waals surface area contributed by atoms with Gasteiger partial charge in [-0.05, 0) is 26.2 Å². The van der Waals surface area contributed by atoms with Crippen molar-refractivity contribution in [2.24, 2.45) is 0 Å². The van der Waals surface area contributed by atoms with Gasteiger partial charge in [0.15, 0.2) is 0 Å². The van der Waals surface area contributed by atoms with Crippen LogP contribution in [-0.2, 0) is 28.6 Å². The lowest BCUT2D eigenvalue weighted by molar-refractivity contribution is -0.160. The van der Waals surface area contributed by atoms with Gasteiger partial charge in [-0.1, -0.05) is 45.8 Å². The first-order chi connectivity index (χ1) is 12.5. The van der Waals surface area contributed by atoms with E-state index in [0.29, 0.717) is 19.4 Å². The molecule has 2 atom stereocenters. The van der Waals surface area contributed by atoms with E-state index in [1.54, 1.807) is 13.0 Å². The zero-order valence-electron chi connectivity index (χ0n) is 16.6. The second-order valence-electron chi connectivity index (χ2n) is 6.10. The minimum atomic E-state index is -0.503. The zero-order chi connectivity index (χ0) is 19.8. The van der Waals surface area contributed by atoms with Gasteiger partial charge in [-0.15, -0.1) is 0 Å². The van der Waals surface area contributed by atoms with Gasteiger partial charge in [-0.25, -0.2) is 0 Å². The summed E-state index contributed by atoms with van der Waals surface area (Å²) in [6.45, 7) is 7.94. The summed E-state index contributed by atoms with van der Waals surface area (Å²) in [4.78, 5) is 35.7. The van der Waals surface area contributed by atoms with Crippen molar-refractivity contribution in [1.82, 2.24) is 0 Å². The molecule has 0 saturated heterocycles. The maximum atomic E-state index is 12.2. The molecule has 0 spiro atoms. The van der Waals surface area contributed by atoms with Crippen LogP contribution in [0.5, 0.6) is 0 Å². The molecular weight excluding hydrogens is 336 g/mol. The summed E-state index contributed by atoms with van der Waals surface area (Å²) < 4.78 is 15.7. The Morgan fingerprint density at radius 2 is 1.31 bits per heavy atom. The van der Waals surface area contributed by atoms with Gasteiger partial charge in [0, 0.05) is 0 Å². The molecule has 0 rings (SSSR count). The van der Waals surface area contributed by atoms with Gasteiger partial charge in [0.1, 0.15) is 12.2 Å². The SMILES string of the molecule is CC/C=C/CC(=O)OC(CCC)CC(=O)OC(CCC)CC(=O)OCC. The van der Waals surface area contributed by atoms with Crippen LogP contribution in [0, 0.1) is 0 Å². The number of esters is 3. The molecule has 0 aromatic rings. The summed E-state index contributed by atoms with van der Waals surface area (Å²) in [5, 5.41) is 0. The highest BCUT2D eigenvalue weighted by Crippen LogP contribution is 2.14. The van der Waals surface area contributed by atoms with Crippen LogP contribution in [0.15, 0.2) is 12.2 Å². The Labute approximate surface area is 157 Å². The number of carbonyl (C=O) groups is 3. The van der Waals surface area contributed by atoms with Gasteiger partial charge < -0.3 is 14.2 Å². The molecule has 0 aliphatic carbocycles. The van der Waals surface area contributed by atoms with Crippen LogP contribution in [0.3, 0.4) is 0 Å². The van der Waals surface area contributed by atoms with Crippen LogP contribution < -0.4 is 0 Å². The fraction of sp³-hybridized carbons (Fsp3) is 0.750. The maximum Gasteiger partial charge on any atom is 0.309 e. The Morgan fingerprint density at radius 1 is 0.769 bits per heavy atom. The Kier molecular flexibility index (Phi) is 14.3. The molecule has 0 aliphatic rings. The van der Waals surface area contributed by atoms with Gasteiger partial charge in [0.25, 0.3) is 0 Å². The first-order valence-electron chi connectivity index (χ1n) is 9.66. The van der Waals surface area contributed by atoms with E-state index in [0.717, 1.165) is 19.3 Å². The van der Waals surface area contributed by atoms with E-state index in [1.165, 1.54) is 0 Å². The van der Waals surface area contributed by atoms with E-state index in [1.807, 2.05) is 26.8 Å². The minimum Gasteiger partial charge on any atom is -0.466 e. The summed E-state index contributed by atoms with van der Waals surface area (Å²) in [5.41, 5.74) is 0. The summed E-state index contributed by atoms with van der Waals surface area (Å²) in [6.07, 6.45) is 6.52. The number of ether oxygens (including phenoxy) is 3. The quantitative estimate of drug-likeness (QED) is 0.260. The number of hydrogen-bond acceptors (Lipinski definition) is 6. The van der Waals surface area contributed by atoms with Crippen molar-refractivity contribution in [2.75, 3.05) is 6.61 Å². The van der Waals surface area contributed by atoms with Gasteiger partial charge in [-0.2, -0.15) is 0 Å². The van der Waals surface area contributed by atoms with Crippen LogP contribution in [-0.4, -0.2) is 36.7 Å². The van der Waals surface area contributed by atoms with Crippen molar-refractivity contribution in [1.29, 1.82) is 0 Å². The maximum absolute atomic E-state index is 12.2. The van der Waals surface area contributed by atoms with Crippen LogP contribution in [0.25, 0.3) is 0 Å². The summed E-state index contributed by atoms with van der Waals surface area (Å²) in [5.74, 6) is -1.18. The summed E-state index contributed by atoms with van der Waals surface area (Å²) in [6, 6.07) is 0. The van der Waals surface area contributed by atoms with E-state index in [9.17, 15) is 14.4 Å². The second kappa shape index (κ2) is 15.4. The first-order valence-corrected chi connectivity index (χ1v) is 9.66. The molecule has 0 amide bonds. The molecule has 0 saturated carbocycles. The number of rotatable bonds is 14. The molecule has 150 valence electrons. The number of allylic oxidation sites excluding steroid dienone is 1. The zero-order valence-corrected chi connectivity index (χ0v) is 16.6. The minimum absolute atomic E-state index is 0.000111. The van der Waals surface area contributed by atoms with Gasteiger partial charge >= 0.3 is 17.9 Å². The summed E-state index contributed by atoms with van der Waals surface area (Å²) in [7, 11) is 0. The first kappa shape index (κ1) is 24.1. The van der Waals surface area contributed by atoms with Crippen LogP contribution in [0.1, 0.15) is 79.1 Å². The molecule has 0 aromatic heterocycles. The van der Waals surface area contributed by atoms with Crippen LogP contribution in [0.4, 0.5) is 0 Å². The molecule has 0 heterocycles. The van der Waals surface area contributed by atoms with Crippen molar-refractivity contribution < 1.29 is 28.6 Å². The fourth-order valence-corrected chi connectivity index (χ4v) is 2.46. The summed E-state index contributed by atoms with van der Waals surface area (Å²) >= 11 is 0. The number of hydrogen-bond donors (Lipinski definition) is 0. The molecular formula is C20H34O6. The Balaban J connectivity index is 4.58. The van der Waals surface area contributed by atoms with E-state index in [-0.39, 0.29) is 31.2 Å². The predicted molar refractivity (Wildman–Crippen MR) is 99.5 cm³/mol. The average molecular weight is 370 g/mol. The van der Waals surface area contributed by atoms with Crippen LogP contribution >= 0.6 is 0 Å². The smallest absolute Gasteiger partial charge is 0.309 e. The van der Waals surface area contributed by atoms with Crippen molar-refractivity contribution in [3.63, 3.8) is 0 Å². The lowest BCUT2D eigenvalue weighted by Crippen LogP contribution is -2.27. The lowest BCUT2D eigenvalue weighted by Gasteiger charge is -2.20. The normalized spacial score (nSPS) is 13.2. The molecule has 6 nitrogen and oxygen atoms in total. The molecule has 6 heteroatoms. The molecule has 2 unspecified atom stereocenters. The Bertz CT molecular complexity index is 444. The van der Waals surface area contributed by atoms with Crippen molar-refractivity contribution in [3.8, 4) is 0 Å². The third-order valence-electron chi connectivity index (χ3n) is 3.60. The van der Waals surface area contributed by atoms with E-state index in [4.69, 9.17) is 14.2 Å². The largest absolute Gasteiger partial charge is 0.466 e. The van der Waals surface area contributed by atoms with Gasteiger partial charge in [-0.3, -0.25) is 14.4 Å². The monoisotopic (exact) mass is 370 g/mol. The fourth-order valence-electron chi connectivity index (χ4n) is 2.46. The molecule has 0 N–H and O–H groups in total. The van der Waals surface area contributed by atoms with Crippen molar-refractivity contribution in [2.45, 2.75) is 91.3 Å². The third-order valence-corrected chi connectivity index (χ3v) is 3.60. The standard InChI is InChI=1S/C20H34O6/c1-5-9-10-13-18(21)25-17(12-7-3)15-20(23)26-16(11-6-2)14-19(22)24-8-4/h9-10,16-17H,5-8,11-15H2,1-4H3/b10-9+.